The predicted octanol–water partition coefficient (Wildman–Crippen LogP) is 4.16. The smallest absolute Gasteiger partial charge is 0.335 e. The van der Waals surface area contributed by atoms with Crippen LogP contribution in [-0.4, -0.2) is 11.1 Å². The maximum atomic E-state index is 10.7. The van der Waals surface area contributed by atoms with Crippen LogP contribution in [0.2, 0.25) is 5.02 Å². The van der Waals surface area contributed by atoms with Gasteiger partial charge in [0.05, 0.1) is 5.56 Å². The van der Waals surface area contributed by atoms with E-state index in [1.165, 1.54) is 11.9 Å². The van der Waals surface area contributed by atoms with Gasteiger partial charge in [-0.15, -0.1) is 0 Å². The molecule has 0 aliphatic rings. The van der Waals surface area contributed by atoms with Crippen LogP contribution in [0.3, 0.4) is 0 Å². The van der Waals surface area contributed by atoms with Gasteiger partial charge in [-0.05, 0) is 54.4 Å². The molecule has 0 aliphatic heterocycles. The number of nitrogens with one attached hydrogen (secondary N) is 1. The molecule has 2 N–H and O–H groups in total. The standard InChI is InChI=1S/C13H10ClNO2S/c14-10-2-1-3-11(8-10)15-18-12-6-4-9(5-7-12)13(16)17/h1-8,15H,(H,16,17). The first kappa shape index (κ1) is 12.8. The number of anilines is 1. The van der Waals surface area contributed by atoms with Crippen molar-refractivity contribution in [2.45, 2.75) is 4.90 Å². The number of rotatable bonds is 4. The Morgan fingerprint density at radius 3 is 2.50 bits per heavy atom. The van der Waals surface area contributed by atoms with Crippen molar-refractivity contribution in [2.75, 3.05) is 4.72 Å². The lowest BCUT2D eigenvalue weighted by atomic mass is 10.2. The third-order valence-corrected chi connectivity index (χ3v) is 3.29. The number of halogens is 1. The van der Waals surface area contributed by atoms with E-state index in [-0.39, 0.29) is 5.56 Å². The zero-order valence-electron chi connectivity index (χ0n) is 9.26. The highest BCUT2D eigenvalue weighted by Gasteiger charge is 2.02. The number of hydrogen-bond acceptors (Lipinski definition) is 3. The molecular weight excluding hydrogens is 270 g/mol. The number of aromatic carboxylic acids is 1. The monoisotopic (exact) mass is 279 g/mol. The average Bonchev–Trinajstić information content (AvgIpc) is 2.37. The van der Waals surface area contributed by atoms with Gasteiger partial charge < -0.3 is 9.83 Å². The summed E-state index contributed by atoms with van der Waals surface area (Å²) in [5.74, 6) is -0.922. The van der Waals surface area contributed by atoms with Gasteiger partial charge in [0.25, 0.3) is 0 Å². The van der Waals surface area contributed by atoms with Gasteiger partial charge in [0.15, 0.2) is 0 Å². The van der Waals surface area contributed by atoms with E-state index in [0.29, 0.717) is 5.02 Å². The SMILES string of the molecule is O=C(O)c1ccc(SNc2cccc(Cl)c2)cc1. The van der Waals surface area contributed by atoms with E-state index in [1.807, 2.05) is 18.2 Å². The van der Waals surface area contributed by atoms with Crippen molar-refractivity contribution in [1.82, 2.24) is 0 Å². The third kappa shape index (κ3) is 3.42. The average molecular weight is 280 g/mol. The first-order chi connectivity index (χ1) is 8.65. The molecule has 0 radical (unpaired) electrons. The Hall–Kier alpha value is -1.65. The van der Waals surface area contributed by atoms with Crippen LogP contribution in [0.15, 0.2) is 53.4 Å². The molecule has 3 nitrogen and oxygen atoms in total. The molecule has 0 aliphatic carbocycles. The molecule has 0 saturated heterocycles. The van der Waals surface area contributed by atoms with Gasteiger partial charge in [0.1, 0.15) is 0 Å². The van der Waals surface area contributed by atoms with E-state index in [2.05, 4.69) is 4.72 Å². The van der Waals surface area contributed by atoms with Crippen LogP contribution in [0.1, 0.15) is 10.4 Å². The molecule has 5 heteroatoms. The highest BCUT2D eigenvalue weighted by molar-refractivity contribution is 8.00. The van der Waals surface area contributed by atoms with Crippen molar-refractivity contribution >= 4 is 35.2 Å². The molecule has 0 amide bonds. The number of benzene rings is 2. The Morgan fingerprint density at radius 1 is 1.17 bits per heavy atom. The van der Waals surface area contributed by atoms with Gasteiger partial charge in [-0.1, -0.05) is 17.7 Å². The summed E-state index contributed by atoms with van der Waals surface area (Å²) in [6.07, 6.45) is 0. The van der Waals surface area contributed by atoms with Crippen molar-refractivity contribution < 1.29 is 9.90 Å². The lowest BCUT2D eigenvalue weighted by Gasteiger charge is -2.05. The summed E-state index contributed by atoms with van der Waals surface area (Å²) in [6.45, 7) is 0. The summed E-state index contributed by atoms with van der Waals surface area (Å²) < 4.78 is 3.14. The summed E-state index contributed by atoms with van der Waals surface area (Å²) >= 11 is 7.27. The second-order valence-electron chi connectivity index (χ2n) is 3.54. The van der Waals surface area contributed by atoms with Crippen molar-refractivity contribution in [3.63, 3.8) is 0 Å². The van der Waals surface area contributed by atoms with Gasteiger partial charge in [0.2, 0.25) is 0 Å². The predicted molar refractivity (Wildman–Crippen MR) is 74.3 cm³/mol. The summed E-state index contributed by atoms with van der Waals surface area (Å²) in [6, 6.07) is 14.1. The maximum Gasteiger partial charge on any atom is 0.335 e. The summed E-state index contributed by atoms with van der Waals surface area (Å²) in [5, 5.41) is 9.45. The van der Waals surface area contributed by atoms with Crippen molar-refractivity contribution in [3.8, 4) is 0 Å². The van der Waals surface area contributed by atoms with Gasteiger partial charge >= 0.3 is 5.97 Å². The van der Waals surface area contributed by atoms with Gasteiger partial charge in [-0.25, -0.2) is 4.79 Å². The van der Waals surface area contributed by atoms with Crippen molar-refractivity contribution in [1.29, 1.82) is 0 Å². The zero-order chi connectivity index (χ0) is 13.0. The molecule has 0 atom stereocenters. The molecule has 0 fully saturated rings. The van der Waals surface area contributed by atoms with Gasteiger partial charge in [-0.2, -0.15) is 0 Å². The normalized spacial score (nSPS) is 10.1. The zero-order valence-corrected chi connectivity index (χ0v) is 10.8. The topological polar surface area (TPSA) is 49.3 Å². The van der Waals surface area contributed by atoms with Crippen LogP contribution in [0.4, 0.5) is 5.69 Å². The highest BCUT2D eigenvalue weighted by atomic mass is 35.5. The van der Waals surface area contributed by atoms with Crippen molar-refractivity contribution in [3.05, 3.63) is 59.1 Å². The van der Waals surface area contributed by atoms with E-state index < -0.39 is 5.97 Å². The van der Waals surface area contributed by atoms with Gasteiger partial charge in [0, 0.05) is 15.6 Å². The maximum absolute atomic E-state index is 10.7. The number of carbonyl (C=O) groups is 1. The van der Waals surface area contributed by atoms with E-state index in [1.54, 1.807) is 30.3 Å². The second-order valence-corrected chi connectivity index (χ2v) is 4.86. The number of carboxylic acids is 1. The lowest BCUT2D eigenvalue weighted by Crippen LogP contribution is -1.95. The molecule has 18 heavy (non-hydrogen) atoms. The summed E-state index contributed by atoms with van der Waals surface area (Å²) in [4.78, 5) is 11.6. The van der Waals surface area contributed by atoms with E-state index >= 15 is 0 Å². The molecule has 2 aromatic carbocycles. The Balaban J connectivity index is 2.00. The van der Waals surface area contributed by atoms with Gasteiger partial charge in [-0.3, -0.25) is 0 Å². The first-order valence-corrected chi connectivity index (χ1v) is 6.36. The van der Waals surface area contributed by atoms with E-state index in [9.17, 15) is 4.79 Å². The minimum atomic E-state index is -0.922. The molecule has 0 saturated carbocycles. The molecule has 2 rings (SSSR count). The van der Waals surface area contributed by atoms with Crippen LogP contribution >= 0.6 is 23.5 Å². The lowest BCUT2D eigenvalue weighted by molar-refractivity contribution is 0.0697. The fourth-order valence-corrected chi connectivity index (χ4v) is 2.16. The van der Waals surface area contributed by atoms with Crippen LogP contribution in [-0.2, 0) is 0 Å². The Labute approximate surface area is 114 Å². The number of hydrogen-bond donors (Lipinski definition) is 2. The van der Waals surface area contributed by atoms with Crippen LogP contribution in [0, 0.1) is 0 Å². The van der Waals surface area contributed by atoms with Crippen LogP contribution < -0.4 is 4.72 Å². The fraction of sp³-hybridized carbons (Fsp3) is 0. The highest BCUT2D eigenvalue weighted by Crippen LogP contribution is 2.23. The minimum Gasteiger partial charge on any atom is -0.478 e. The minimum absolute atomic E-state index is 0.280. The Bertz CT molecular complexity index is 557. The van der Waals surface area contributed by atoms with Crippen LogP contribution in [0.5, 0.6) is 0 Å². The molecule has 0 heterocycles. The molecule has 0 unspecified atom stereocenters. The number of carboxylic acid groups (broad SMARTS) is 1. The largest absolute Gasteiger partial charge is 0.478 e. The first-order valence-electron chi connectivity index (χ1n) is 5.17. The molecule has 0 aromatic heterocycles. The fourth-order valence-electron chi connectivity index (χ4n) is 1.34. The van der Waals surface area contributed by atoms with E-state index in [0.717, 1.165) is 10.6 Å². The summed E-state index contributed by atoms with van der Waals surface area (Å²) in [5.41, 5.74) is 1.18. The molecule has 2 aromatic rings. The quantitative estimate of drug-likeness (QED) is 0.825. The third-order valence-electron chi connectivity index (χ3n) is 2.21. The van der Waals surface area contributed by atoms with E-state index in [4.69, 9.17) is 16.7 Å². The Kier molecular flexibility index (Phi) is 4.12. The molecule has 0 bridgehead atoms. The van der Waals surface area contributed by atoms with Crippen LogP contribution in [0.25, 0.3) is 0 Å². The van der Waals surface area contributed by atoms with Crippen molar-refractivity contribution in [2.24, 2.45) is 0 Å². The molecule has 0 spiro atoms. The molecular formula is C13H10ClNO2S. The molecule has 92 valence electrons. The Morgan fingerprint density at radius 2 is 1.89 bits per heavy atom. The second kappa shape index (κ2) is 5.80. The summed E-state index contributed by atoms with van der Waals surface area (Å²) in [7, 11) is 0.